The van der Waals surface area contributed by atoms with E-state index in [1.807, 2.05) is 30.3 Å². The molecular weight excluding hydrogens is 418 g/mol. The van der Waals surface area contributed by atoms with Gasteiger partial charge in [0.25, 0.3) is 0 Å². The topological polar surface area (TPSA) is 81.7 Å². The largest absolute Gasteiger partial charge is 0.461 e. The maximum atomic E-state index is 13.3. The van der Waals surface area contributed by atoms with Gasteiger partial charge in [-0.1, -0.05) is 51.1 Å². The summed E-state index contributed by atoms with van der Waals surface area (Å²) in [6.45, 7) is 6.85. The standard InChI is InChI=1S/C24H30ClNO5/c1-23(2)15-11-12-24(23,3)19(20-26-16(21(28)31-20)9-10-17(25)27)18(15)22(29)30-13-14-7-5-4-6-8-14/h4-8,15-16,18-20,26H,9-13H2,1-3H3. The third-order valence-electron chi connectivity index (χ3n) is 8.27. The van der Waals surface area contributed by atoms with Crippen molar-refractivity contribution in [1.82, 2.24) is 5.32 Å². The summed E-state index contributed by atoms with van der Waals surface area (Å²) in [6, 6.07) is 9.04. The van der Waals surface area contributed by atoms with Crippen molar-refractivity contribution < 1.29 is 23.9 Å². The predicted octanol–water partition coefficient (Wildman–Crippen LogP) is 3.81. The number of hydrogen-bond donors (Lipinski definition) is 1. The molecule has 7 heteroatoms. The number of rotatable bonds is 7. The van der Waals surface area contributed by atoms with E-state index >= 15 is 0 Å². The van der Waals surface area contributed by atoms with Crippen LogP contribution in [0.2, 0.25) is 0 Å². The monoisotopic (exact) mass is 447 g/mol. The highest BCUT2D eigenvalue weighted by Crippen LogP contribution is 2.71. The number of cyclic esters (lactones) is 1. The molecule has 2 aliphatic carbocycles. The van der Waals surface area contributed by atoms with Gasteiger partial charge >= 0.3 is 11.9 Å². The van der Waals surface area contributed by atoms with Crippen LogP contribution in [-0.4, -0.2) is 29.5 Å². The van der Waals surface area contributed by atoms with Crippen molar-refractivity contribution in [2.75, 3.05) is 0 Å². The van der Waals surface area contributed by atoms with Crippen LogP contribution in [0.1, 0.15) is 52.0 Å². The minimum absolute atomic E-state index is 0.0909. The van der Waals surface area contributed by atoms with Crippen molar-refractivity contribution in [3.63, 3.8) is 0 Å². The number of fused-ring (bicyclic) bond motifs is 2. The third-order valence-corrected chi connectivity index (χ3v) is 8.46. The fraction of sp³-hybridized carbons (Fsp3) is 0.625. The normalized spacial score (nSPS) is 35.7. The second-order valence-electron chi connectivity index (χ2n) is 9.90. The van der Waals surface area contributed by atoms with E-state index in [0.717, 1.165) is 18.4 Å². The molecule has 0 amide bonds. The smallest absolute Gasteiger partial charge is 0.324 e. The summed E-state index contributed by atoms with van der Waals surface area (Å²) in [7, 11) is 0. The zero-order chi connectivity index (χ0) is 22.4. The fourth-order valence-electron chi connectivity index (χ4n) is 6.23. The molecule has 4 rings (SSSR count). The number of carbonyl (C=O) groups excluding carboxylic acids is 3. The molecule has 1 aromatic carbocycles. The number of esters is 2. The summed E-state index contributed by atoms with van der Waals surface area (Å²) >= 11 is 5.45. The maximum absolute atomic E-state index is 13.3. The van der Waals surface area contributed by atoms with Crippen LogP contribution in [0, 0.1) is 28.6 Å². The lowest BCUT2D eigenvalue weighted by atomic mass is 9.65. The van der Waals surface area contributed by atoms with Crippen molar-refractivity contribution in [3.8, 4) is 0 Å². The van der Waals surface area contributed by atoms with E-state index in [0.29, 0.717) is 0 Å². The average Bonchev–Trinajstić information content (AvgIpc) is 3.26. The zero-order valence-electron chi connectivity index (χ0n) is 18.2. The first-order valence-electron chi connectivity index (χ1n) is 11.0. The molecule has 1 N–H and O–H groups in total. The summed E-state index contributed by atoms with van der Waals surface area (Å²) in [5.41, 5.74) is 0.674. The molecule has 3 aliphatic rings. The van der Waals surface area contributed by atoms with Crippen LogP contribution in [0.5, 0.6) is 0 Å². The quantitative estimate of drug-likeness (QED) is 0.505. The highest BCUT2D eigenvalue weighted by atomic mass is 35.5. The lowest BCUT2D eigenvalue weighted by Gasteiger charge is -2.42. The van der Waals surface area contributed by atoms with E-state index in [1.54, 1.807) is 0 Å². The van der Waals surface area contributed by atoms with E-state index in [-0.39, 0.29) is 60.0 Å². The number of hydrogen-bond acceptors (Lipinski definition) is 6. The van der Waals surface area contributed by atoms with Gasteiger partial charge in [0, 0.05) is 12.3 Å². The van der Waals surface area contributed by atoms with Crippen LogP contribution >= 0.6 is 11.6 Å². The van der Waals surface area contributed by atoms with Crippen LogP contribution in [-0.2, 0) is 30.5 Å². The first-order valence-corrected chi connectivity index (χ1v) is 11.4. The summed E-state index contributed by atoms with van der Waals surface area (Å²) in [5.74, 6) is -0.993. The summed E-state index contributed by atoms with van der Waals surface area (Å²) in [6.07, 6.45) is 1.73. The van der Waals surface area contributed by atoms with Crippen LogP contribution in [0.4, 0.5) is 0 Å². The van der Waals surface area contributed by atoms with Crippen molar-refractivity contribution in [3.05, 3.63) is 35.9 Å². The molecule has 1 aliphatic heterocycles. The van der Waals surface area contributed by atoms with Gasteiger partial charge in [0.2, 0.25) is 5.24 Å². The molecule has 1 aromatic rings. The maximum Gasteiger partial charge on any atom is 0.324 e. The van der Waals surface area contributed by atoms with E-state index < -0.39 is 17.5 Å². The molecule has 6 unspecified atom stereocenters. The van der Waals surface area contributed by atoms with Crippen LogP contribution < -0.4 is 5.32 Å². The van der Waals surface area contributed by atoms with Gasteiger partial charge in [-0.15, -0.1) is 0 Å². The predicted molar refractivity (Wildman–Crippen MR) is 115 cm³/mol. The number of nitrogens with one attached hydrogen (secondary N) is 1. The molecule has 0 spiro atoms. The van der Waals surface area contributed by atoms with E-state index in [1.165, 1.54) is 0 Å². The molecule has 6 atom stereocenters. The van der Waals surface area contributed by atoms with Crippen molar-refractivity contribution in [1.29, 1.82) is 0 Å². The van der Waals surface area contributed by atoms with Crippen LogP contribution in [0.25, 0.3) is 0 Å². The molecule has 1 heterocycles. The minimum Gasteiger partial charge on any atom is -0.461 e. The number of benzene rings is 1. The number of carbonyl (C=O) groups is 3. The highest BCUT2D eigenvalue weighted by Gasteiger charge is 2.71. The second kappa shape index (κ2) is 8.21. The van der Waals surface area contributed by atoms with Gasteiger partial charge in [-0.05, 0) is 53.2 Å². The lowest BCUT2D eigenvalue weighted by molar-refractivity contribution is -0.162. The second-order valence-corrected chi connectivity index (χ2v) is 10.3. The van der Waals surface area contributed by atoms with Gasteiger partial charge in [-0.25, -0.2) is 0 Å². The molecule has 168 valence electrons. The van der Waals surface area contributed by atoms with Gasteiger partial charge in [0.15, 0.2) is 6.23 Å². The van der Waals surface area contributed by atoms with Gasteiger partial charge < -0.3 is 9.47 Å². The van der Waals surface area contributed by atoms with Crippen LogP contribution in [0.15, 0.2) is 30.3 Å². The van der Waals surface area contributed by atoms with E-state index in [9.17, 15) is 14.4 Å². The molecule has 6 nitrogen and oxygen atoms in total. The van der Waals surface area contributed by atoms with Gasteiger partial charge in [0.05, 0.1) is 5.92 Å². The Kier molecular flexibility index (Phi) is 5.90. The summed E-state index contributed by atoms with van der Waals surface area (Å²) < 4.78 is 11.5. The molecule has 31 heavy (non-hydrogen) atoms. The Hall–Kier alpha value is -1.92. The van der Waals surface area contributed by atoms with E-state index in [4.69, 9.17) is 21.1 Å². The Morgan fingerprint density at radius 1 is 1.23 bits per heavy atom. The minimum atomic E-state index is -0.584. The lowest BCUT2D eigenvalue weighted by Crippen LogP contribution is -2.48. The summed E-state index contributed by atoms with van der Waals surface area (Å²) in [5, 5.41) is 2.78. The molecular formula is C24H30ClNO5. The van der Waals surface area contributed by atoms with Gasteiger partial charge in [-0.3, -0.25) is 19.7 Å². The molecule has 2 bridgehead atoms. The molecule has 2 saturated carbocycles. The Morgan fingerprint density at radius 2 is 1.94 bits per heavy atom. The average molecular weight is 448 g/mol. The number of ether oxygens (including phenoxy) is 2. The van der Waals surface area contributed by atoms with Gasteiger partial charge in [-0.2, -0.15) is 0 Å². The summed E-state index contributed by atoms with van der Waals surface area (Å²) in [4.78, 5) is 36.9. The Morgan fingerprint density at radius 3 is 2.61 bits per heavy atom. The molecule has 3 fully saturated rings. The third kappa shape index (κ3) is 3.78. The van der Waals surface area contributed by atoms with Crippen molar-refractivity contribution in [2.24, 2.45) is 28.6 Å². The SMILES string of the molecule is CC1(C)C2CCC1(C)C(C1NC(CCC(=O)Cl)C(=O)O1)C2C(=O)OCc1ccccc1. The highest BCUT2D eigenvalue weighted by molar-refractivity contribution is 6.63. The van der Waals surface area contributed by atoms with E-state index in [2.05, 4.69) is 26.1 Å². The van der Waals surface area contributed by atoms with Crippen LogP contribution in [0.3, 0.4) is 0 Å². The van der Waals surface area contributed by atoms with Crippen molar-refractivity contribution >= 4 is 28.8 Å². The first-order chi connectivity index (χ1) is 14.6. The van der Waals surface area contributed by atoms with Crippen molar-refractivity contribution in [2.45, 2.75) is 65.3 Å². The molecule has 0 aromatic heterocycles. The Labute approximate surface area is 188 Å². The number of halogens is 1. The molecule has 0 radical (unpaired) electrons. The zero-order valence-corrected chi connectivity index (χ0v) is 19.0. The first kappa shape index (κ1) is 22.3. The fourth-order valence-corrected chi connectivity index (χ4v) is 6.34. The Balaban J connectivity index is 1.54. The Bertz CT molecular complexity index is 872. The van der Waals surface area contributed by atoms with Gasteiger partial charge in [0.1, 0.15) is 12.6 Å². The molecule has 1 saturated heterocycles.